The lowest BCUT2D eigenvalue weighted by molar-refractivity contribution is 0.0617. The first-order chi connectivity index (χ1) is 11.2. The van der Waals surface area contributed by atoms with Crippen LogP contribution in [0.2, 0.25) is 0 Å². The number of cyclic esters (lactones) is 1. The number of carbonyl (C=O) groups excluding carboxylic acids is 2. The molecule has 2 fully saturated rings. The van der Waals surface area contributed by atoms with Crippen molar-refractivity contribution in [1.29, 1.82) is 0 Å². The molecule has 118 valence electrons. The van der Waals surface area contributed by atoms with Gasteiger partial charge in [-0.05, 0) is 12.1 Å². The summed E-state index contributed by atoms with van der Waals surface area (Å²) in [6.45, 7) is 1.84. The zero-order valence-corrected chi connectivity index (χ0v) is 12.3. The van der Waals surface area contributed by atoms with E-state index in [-0.39, 0.29) is 18.0 Å². The van der Waals surface area contributed by atoms with Gasteiger partial charge in [0.25, 0.3) is 5.91 Å². The number of aromatic nitrogens is 3. The van der Waals surface area contributed by atoms with Crippen molar-refractivity contribution in [3.05, 3.63) is 42.5 Å². The summed E-state index contributed by atoms with van der Waals surface area (Å²) in [6.07, 6.45) is 2.84. The highest BCUT2D eigenvalue weighted by atomic mass is 16.6. The van der Waals surface area contributed by atoms with Crippen LogP contribution in [0.4, 0.5) is 4.79 Å². The molecular formula is C15H15N5O3. The summed E-state index contributed by atoms with van der Waals surface area (Å²) in [7, 11) is 0. The fourth-order valence-corrected chi connectivity index (χ4v) is 3.05. The number of rotatable bonds is 2. The molecule has 2 aliphatic heterocycles. The number of piperazine rings is 1. The zero-order chi connectivity index (χ0) is 15.8. The van der Waals surface area contributed by atoms with Gasteiger partial charge in [0.2, 0.25) is 0 Å². The first-order valence-electron chi connectivity index (χ1n) is 7.41. The van der Waals surface area contributed by atoms with Crippen LogP contribution in [0, 0.1) is 0 Å². The molecule has 8 heteroatoms. The van der Waals surface area contributed by atoms with E-state index in [1.807, 2.05) is 18.2 Å². The second-order valence-corrected chi connectivity index (χ2v) is 5.56. The highest BCUT2D eigenvalue weighted by molar-refractivity contribution is 5.98. The molecule has 23 heavy (non-hydrogen) atoms. The van der Waals surface area contributed by atoms with Gasteiger partial charge in [-0.15, -0.1) is 10.2 Å². The van der Waals surface area contributed by atoms with Crippen molar-refractivity contribution in [3.8, 4) is 5.69 Å². The van der Waals surface area contributed by atoms with E-state index in [4.69, 9.17) is 4.74 Å². The molecule has 2 aromatic rings. The number of ether oxygens (including phenoxy) is 1. The minimum Gasteiger partial charge on any atom is -0.447 e. The predicted octanol–water partition coefficient (Wildman–Crippen LogP) is 0.544. The van der Waals surface area contributed by atoms with Gasteiger partial charge in [-0.2, -0.15) is 0 Å². The Bertz CT molecular complexity index is 745. The summed E-state index contributed by atoms with van der Waals surface area (Å²) in [5.41, 5.74) is 1.33. The second kappa shape index (κ2) is 5.38. The Labute approximate surface area is 132 Å². The number of nitrogens with zero attached hydrogens (tertiary/aromatic N) is 5. The Hall–Kier alpha value is -2.90. The minimum absolute atomic E-state index is 0.0535. The molecule has 1 atom stereocenters. The van der Waals surface area contributed by atoms with Crippen LogP contribution in [0.1, 0.15) is 10.4 Å². The number of carbonyl (C=O) groups is 2. The first-order valence-corrected chi connectivity index (χ1v) is 7.41. The number of para-hydroxylation sites is 1. The van der Waals surface area contributed by atoms with Gasteiger partial charge < -0.3 is 9.64 Å². The van der Waals surface area contributed by atoms with Crippen LogP contribution in [-0.2, 0) is 4.74 Å². The third kappa shape index (κ3) is 2.32. The summed E-state index contributed by atoms with van der Waals surface area (Å²) in [6, 6.07) is 7.30. The Kier molecular flexibility index (Phi) is 3.22. The summed E-state index contributed by atoms with van der Waals surface area (Å²) < 4.78 is 6.76. The topological polar surface area (TPSA) is 80.6 Å². The number of hydrogen-bond donors (Lipinski definition) is 0. The standard InChI is InChI=1S/C15H15N5O3/c21-14(18-5-6-20-11(7-18)8-23-15(20)22)12-3-1-2-4-13(12)19-9-16-17-10-19/h1-4,9-11H,5-8H2/t11-/m1/s1. The third-order valence-electron chi connectivity index (χ3n) is 4.24. The molecule has 0 bridgehead atoms. The van der Waals surface area contributed by atoms with Gasteiger partial charge in [0.05, 0.1) is 17.3 Å². The monoisotopic (exact) mass is 313 g/mol. The van der Waals surface area contributed by atoms with E-state index in [1.165, 1.54) is 0 Å². The Balaban J connectivity index is 1.60. The summed E-state index contributed by atoms with van der Waals surface area (Å²) >= 11 is 0. The van der Waals surface area contributed by atoms with E-state index in [2.05, 4.69) is 10.2 Å². The Morgan fingerprint density at radius 3 is 2.78 bits per heavy atom. The highest BCUT2D eigenvalue weighted by Gasteiger charge is 2.39. The number of hydrogen-bond acceptors (Lipinski definition) is 5. The van der Waals surface area contributed by atoms with Crippen molar-refractivity contribution in [1.82, 2.24) is 24.6 Å². The van der Waals surface area contributed by atoms with E-state index >= 15 is 0 Å². The third-order valence-corrected chi connectivity index (χ3v) is 4.24. The molecule has 2 amide bonds. The molecule has 0 unspecified atom stereocenters. The molecule has 2 aliphatic rings. The van der Waals surface area contributed by atoms with Gasteiger partial charge in [0.15, 0.2) is 0 Å². The fraction of sp³-hybridized carbons (Fsp3) is 0.333. The van der Waals surface area contributed by atoms with Gasteiger partial charge in [-0.3, -0.25) is 14.3 Å². The molecule has 2 saturated heterocycles. The number of amides is 2. The SMILES string of the molecule is O=C(c1ccccc1-n1cnnc1)N1CCN2C(=O)OC[C@H]2C1. The lowest BCUT2D eigenvalue weighted by Crippen LogP contribution is -2.53. The first kappa shape index (κ1) is 13.7. The molecule has 8 nitrogen and oxygen atoms in total. The average Bonchev–Trinajstić information content (AvgIpc) is 3.24. The van der Waals surface area contributed by atoms with Crippen LogP contribution in [0.25, 0.3) is 5.69 Å². The maximum atomic E-state index is 12.9. The number of benzene rings is 1. The van der Waals surface area contributed by atoms with Crippen LogP contribution in [-0.4, -0.2) is 68.8 Å². The van der Waals surface area contributed by atoms with Gasteiger partial charge >= 0.3 is 6.09 Å². The van der Waals surface area contributed by atoms with Crippen LogP contribution in [0.3, 0.4) is 0 Å². The largest absolute Gasteiger partial charge is 0.447 e. The molecule has 1 aromatic heterocycles. The smallest absolute Gasteiger partial charge is 0.410 e. The van der Waals surface area contributed by atoms with E-state index in [0.717, 1.165) is 5.69 Å². The molecule has 1 aromatic carbocycles. The summed E-state index contributed by atoms with van der Waals surface area (Å²) in [5.74, 6) is -0.0618. The maximum absolute atomic E-state index is 12.9. The predicted molar refractivity (Wildman–Crippen MR) is 79.1 cm³/mol. The molecule has 0 aliphatic carbocycles. The van der Waals surface area contributed by atoms with Crippen molar-refractivity contribution in [2.75, 3.05) is 26.2 Å². The van der Waals surface area contributed by atoms with Gasteiger partial charge in [-0.1, -0.05) is 12.1 Å². The van der Waals surface area contributed by atoms with E-state index < -0.39 is 0 Å². The van der Waals surface area contributed by atoms with Crippen molar-refractivity contribution >= 4 is 12.0 Å². The van der Waals surface area contributed by atoms with E-state index in [0.29, 0.717) is 31.8 Å². The molecular weight excluding hydrogens is 298 g/mol. The van der Waals surface area contributed by atoms with Crippen LogP contribution in [0.15, 0.2) is 36.9 Å². The molecule has 0 radical (unpaired) electrons. The summed E-state index contributed by atoms with van der Waals surface area (Å²) in [4.78, 5) is 27.9. The van der Waals surface area contributed by atoms with Crippen LogP contribution < -0.4 is 0 Å². The Morgan fingerprint density at radius 2 is 1.96 bits per heavy atom. The highest BCUT2D eigenvalue weighted by Crippen LogP contribution is 2.21. The van der Waals surface area contributed by atoms with E-state index in [9.17, 15) is 9.59 Å². The van der Waals surface area contributed by atoms with Crippen molar-refractivity contribution in [2.45, 2.75) is 6.04 Å². The van der Waals surface area contributed by atoms with Gasteiger partial charge in [0.1, 0.15) is 19.3 Å². The van der Waals surface area contributed by atoms with Crippen molar-refractivity contribution in [2.24, 2.45) is 0 Å². The maximum Gasteiger partial charge on any atom is 0.410 e. The molecule has 3 heterocycles. The lowest BCUT2D eigenvalue weighted by atomic mass is 10.1. The zero-order valence-electron chi connectivity index (χ0n) is 12.3. The average molecular weight is 313 g/mol. The lowest BCUT2D eigenvalue weighted by Gasteiger charge is -2.35. The quantitative estimate of drug-likeness (QED) is 0.808. The van der Waals surface area contributed by atoms with Gasteiger partial charge in [-0.25, -0.2) is 4.79 Å². The Morgan fingerprint density at radius 1 is 1.17 bits per heavy atom. The van der Waals surface area contributed by atoms with Crippen molar-refractivity contribution in [3.63, 3.8) is 0 Å². The molecule has 0 spiro atoms. The van der Waals surface area contributed by atoms with Crippen LogP contribution >= 0.6 is 0 Å². The van der Waals surface area contributed by atoms with Crippen LogP contribution in [0.5, 0.6) is 0 Å². The van der Waals surface area contributed by atoms with E-state index in [1.54, 1.807) is 33.1 Å². The fourth-order valence-electron chi connectivity index (χ4n) is 3.05. The number of fused-ring (bicyclic) bond motifs is 1. The normalized spacial score (nSPS) is 20.3. The second-order valence-electron chi connectivity index (χ2n) is 5.56. The summed E-state index contributed by atoms with van der Waals surface area (Å²) in [5, 5.41) is 7.58. The molecule has 0 N–H and O–H groups in total. The van der Waals surface area contributed by atoms with Gasteiger partial charge in [0, 0.05) is 19.6 Å². The van der Waals surface area contributed by atoms with Crippen molar-refractivity contribution < 1.29 is 14.3 Å². The minimum atomic E-state index is -0.285. The molecule has 4 rings (SSSR count). The molecule has 0 saturated carbocycles.